The molecule has 0 amide bonds. The molecular formula is C53H64EuF6O4P2. The van der Waals surface area contributed by atoms with Crippen LogP contribution in [0.2, 0.25) is 0 Å². The van der Waals surface area contributed by atoms with Crippen LogP contribution < -0.4 is 10.6 Å². The fourth-order valence-electron chi connectivity index (χ4n) is 10.8. The van der Waals surface area contributed by atoms with Gasteiger partial charge in [-0.2, -0.15) is 26.3 Å². The van der Waals surface area contributed by atoms with E-state index in [1.165, 1.54) is 110 Å². The second kappa shape index (κ2) is 25.5. The van der Waals surface area contributed by atoms with Gasteiger partial charge in [0.2, 0.25) is 5.76 Å². The second-order valence-corrected chi connectivity index (χ2v) is 25.0. The van der Waals surface area contributed by atoms with Crippen LogP contribution in [0.3, 0.4) is 0 Å². The average molecular weight is 1090 g/mol. The van der Waals surface area contributed by atoms with Gasteiger partial charge in [-0.15, -0.1) is 0 Å². The number of hydrogen-bond donors (Lipinski definition) is 1. The minimum atomic E-state index is -5.42. The third-order valence-electron chi connectivity index (χ3n) is 14.0. The van der Waals surface area contributed by atoms with E-state index in [2.05, 4.69) is 109 Å². The summed E-state index contributed by atoms with van der Waals surface area (Å²) >= 11 is 0. The minimum absolute atomic E-state index is 0. The van der Waals surface area contributed by atoms with Gasteiger partial charge in [0.25, 0.3) is 5.78 Å². The number of aliphatic hydroxyl groups is 1. The number of halogens is 6. The van der Waals surface area contributed by atoms with E-state index in [-0.39, 0.29) is 49.4 Å². The van der Waals surface area contributed by atoms with Gasteiger partial charge in [-0.3, -0.25) is 4.79 Å². The van der Waals surface area contributed by atoms with Gasteiger partial charge in [0, 0.05) is 88.7 Å². The number of hydrogen-bond acceptors (Lipinski definition) is 4. The summed E-state index contributed by atoms with van der Waals surface area (Å²) in [7, 11) is -4.85. The van der Waals surface area contributed by atoms with E-state index < -0.39 is 44.3 Å². The quantitative estimate of drug-likeness (QED) is 0.0785. The SMILES string of the molecule is O=C(/C=C(\O)C(F)(F)F)C(F)(F)F.O=P(c1ccccc1-c1ccccc1)(C1CCCCC1)C1CCCCC1.O=P(c1ccccc1-c1ccccc1)(C1CCCCC1)C1CCCCC1.[Eu]. The van der Waals surface area contributed by atoms with Crippen molar-refractivity contribution in [1.29, 1.82) is 0 Å². The van der Waals surface area contributed by atoms with Crippen LogP contribution in [0, 0.1) is 49.4 Å². The Bertz CT molecular complexity index is 2060. The van der Waals surface area contributed by atoms with E-state index in [1.54, 1.807) is 0 Å². The summed E-state index contributed by atoms with van der Waals surface area (Å²) in [5.74, 6) is -5.34. The number of alkyl halides is 6. The Kier molecular flexibility index (Phi) is 21.1. The van der Waals surface area contributed by atoms with Gasteiger partial charge in [-0.25, -0.2) is 0 Å². The van der Waals surface area contributed by atoms with Gasteiger partial charge in [0.05, 0.1) is 0 Å². The maximum Gasteiger partial charge on any atom is 0.454 e. The molecule has 4 aliphatic carbocycles. The summed E-state index contributed by atoms with van der Waals surface area (Å²) in [5, 5.41) is 10.3. The molecule has 4 aliphatic rings. The predicted octanol–water partition coefficient (Wildman–Crippen LogP) is 16.1. The summed E-state index contributed by atoms with van der Waals surface area (Å²) in [6.45, 7) is 0. The van der Waals surface area contributed by atoms with Crippen molar-refractivity contribution >= 4 is 30.7 Å². The first-order valence-electron chi connectivity index (χ1n) is 23.7. The molecule has 0 unspecified atom stereocenters. The van der Waals surface area contributed by atoms with Gasteiger partial charge < -0.3 is 14.2 Å². The molecule has 4 aromatic rings. The first-order chi connectivity index (χ1) is 31.1. The molecule has 1 N–H and O–H groups in total. The molecule has 0 bridgehead atoms. The summed E-state index contributed by atoms with van der Waals surface area (Å²) < 4.78 is 97.9. The number of aliphatic hydroxyl groups excluding tert-OH is 1. The first kappa shape index (κ1) is 54.7. The number of allylic oxidation sites excluding steroid dienone is 2. The predicted molar refractivity (Wildman–Crippen MR) is 254 cm³/mol. The molecule has 8 rings (SSSR count). The second-order valence-electron chi connectivity index (χ2n) is 18.2. The molecular weight excluding hydrogens is 1030 g/mol. The van der Waals surface area contributed by atoms with Crippen molar-refractivity contribution in [2.75, 3.05) is 0 Å². The van der Waals surface area contributed by atoms with E-state index >= 15 is 0 Å². The normalized spacial score (nSPS) is 18.7. The molecule has 359 valence electrons. The minimum Gasteiger partial charge on any atom is -0.504 e. The van der Waals surface area contributed by atoms with Gasteiger partial charge in [-0.05, 0) is 73.6 Å². The number of carbonyl (C=O) groups excluding carboxylic acids is 1. The average Bonchev–Trinajstić information content (AvgIpc) is 3.35. The molecule has 1 radical (unpaired) electrons. The Balaban J connectivity index is 0.000000196. The third kappa shape index (κ3) is 13.9. The van der Waals surface area contributed by atoms with Crippen LogP contribution >= 0.6 is 14.3 Å². The number of benzene rings is 4. The zero-order valence-electron chi connectivity index (χ0n) is 37.6. The maximum atomic E-state index is 14.9. The molecule has 0 heterocycles. The third-order valence-corrected chi connectivity index (χ3v) is 22.7. The summed E-state index contributed by atoms with van der Waals surface area (Å²) in [6, 6.07) is 38.4. The van der Waals surface area contributed by atoms with Crippen LogP contribution in [0.5, 0.6) is 0 Å². The zero-order valence-corrected chi connectivity index (χ0v) is 41.8. The molecule has 4 nitrogen and oxygen atoms in total. The van der Waals surface area contributed by atoms with E-state index in [0.717, 1.165) is 51.4 Å². The molecule has 0 aliphatic heterocycles. The Hall–Kier alpha value is -2.29. The van der Waals surface area contributed by atoms with Crippen LogP contribution in [0.15, 0.2) is 121 Å². The smallest absolute Gasteiger partial charge is 0.454 e. The Morgan fingerprint density at radius 3 is 0.985 bits per heavy atom. The van der Waals surface area contributed by atoms with Crippen molar-refractivity contribution in [1.82, 2.24) is 0 Å². The Morgan fingerprint density at radius 1 is 0.439 bits per heavy atom. The Labute approximate surface area is 428 Å². The van der Waals surface area contributed by atoms with Gasteiger partial charge in [0.1, 0.15) is 14.3 Å². The molecule has 4 aromatic carbocycles. The molecule has 0 spiro atoms. The molecule has 0 atom stereocenters. The summed E-state index contributed by atoms with van der Waals surface area (Å²) in [4.78, 5) is 9.86. The van der Waals surface area contributed by atoms with Crippen molar-refractivity contribution in [2.45, 2.75) is 163 Å². The molecule has 66 heavy (non-hydrogen) atoms. The van der Waals surface area contributed by atoms with Crippen LogP contribution in [0.1, 0.15) is 128 Å². The zero-order chi connectivity index (χ0) is 46.5. The standard InChI is InChI=1S/2C24H31OP.C5H2F6O2.Eu/c2*25-26(21-14-6-2-7-15-21,22-16-8-3-9-17-22)24-19-11-10-18-23(24)20-12-4-1-5-13-20;6-4(7,8)2(12)1-3(13)5(9,10)11;/h2*1,4-5,10-13,18-19,21-22H,2-3,6-9,14-17H2;1,12H;/b;;2-1-;. The van der Waals surface area contributed by atoms with E-state index in [9.17, 15) is 40.3 Å². The summed E-state index contributed by atoms with van der Waals surface area (Å²) in [6.07, 6.45) is 13.0. The molecule has 4 saturated carbocycles. The fraction of sp³-hybridized carbons (Fsp3) is 0.491. The number of ketones is 1. The van der Waals surface area contributed by atoms with E-state index in [4.69, 9.17) is 5.11 Å². The van der Waals surface area contributed by atoms with Crippen molar-refractivity contribution in [3.05, 3.63) is 121 Å². The van der Waals surface area contributed by atoms with Gasteiger partial charge in [0.15, 0.2) is 0 Å². The van der Waals surface area contributed by atoms with Crippen molar-refractivity contribution in [3.8, 4) is 22.3 Å². The Morgan fingerprint density at radius 2 is 0.712 bits per heavy atom. The van der Waals surface area contributed by atoms with Crippen molar-refractivity contribution < 1.29 is 94.8 Å². The topological polar surface area (TPSA) is 71.4 Å². The first-order valence-corrected chi connectivity index (χ1v) is 27.4. The molecule has 13 heteroatoms. The van der Waals surface area contributed by atoms with Gasteiger partial charge in [-0.1, -0.05) is 186 Å². The van der Waals surface area contributed by atoms with Crippen LogP contribution in [0.25, 0.3) is 22.3 Å². The molecule has 4 fully saturated rings. The van der Waals surface area contributed by atoms with Crippen molar-refractivity contribution in [2.24, 2.45) is 0 Å². The van der Waals surface area contributed by atoms with Crippen LogP contribution in [-0.2, 0) is 13.9 Å². The molecule has 0 saturated heterocycles. The maximum absolute atomic E-state index is 14.9. The van der Waals surface area contributed by atoms with E-state index in [0.29, 0.717) is 22.6 Å². The van der Waals surface area contributed by atoms with Crippen molar-refractivity contribution in [3.63, 3.8) is 0 Å². The number of rotatable bonds is 9. The van der Waals surface area contributed by atoms with E-state index in [1.807, 2.05) is 0 Å². The monoisotopic (exact) mass is 1090 g/mol. The molecule has 0 aromatic heterocycles. The fourth-order valence-corrected chi connectivity index (χ4v) is 19.9. The number of carbonyl (C=O) groups is 1. The van der Waals surface area contributed by atoms with Crippen LogP contribution in [-0.4, -0.2) is 45.9 Å². The largest absolute Gasteiger partial charge is 0.504 e. The van der Waals surface area contributed by atoms with Crippen LogP contribution in [0.4, 0.5) is 26.3 Å². The summed E-state index contributed by atoms with van der Waals surface area (Å²) in [5.41, 5.74) is 6.49. The van der Waals surface area contributed by atoms with Gasteiger partial charge >= 0.3 is 12.4 Å².